The molecule has 2 aromatic rings. The molecule has 6 nitrogen and oxygen atoms in total. The van der Waals surface area contributed by atoms with Gasteiger partial charge in [0, 0.05) is 24.5 Å². The molecule has 1 aliphatic heterocycles. The predicted octanol–water partition coefficient (Wildman–Crippen LogP) is 3.61. The van der Waals surface area contributed by atoms with Gasteiger partial charge in [0.1, 0.15) is 12.4 Å². The van der Waals surface area contributed by atoms with E-state index >= 15 is 0 Å². The molecule has 33 heavy (non-hydrogen) atoms. The molecule has 1 aliphatic rings. The first kappa shape index (κ1) is 25.2. The summed E-state index contributed by atoms with van der Waals surface area (Å²) in [5.74, 6) is 0.825. The van der Waals surface area contributed by atoms with E-state index in [1.54, 1.807) is 23.5 Å². The molecular weight excluding hydrogens is 436 g/mol. The van der Waals surface area contributed by atoms with Crippen LogP contribution in [0.1, 0.15) is 22.0 Å². The summed E-state index contributed by atoms with van der Waals surface area (Å²) in [5.41, 5.74) is 2.30. The molecule has 0 saturated heterocycles. The molecule has 178 valence electrons. The Bertz CT molecular complexity index is 929. The van der Waals surface area contributed by atoms with Gasteiger partial charge in [-0.1, -0.05) is 24.3 Å². The van der Waals surface area contributed by atoms with Crippen LogP contribution in [0.3, 0.4) is 0 Å². The molecule has 2 atom stereocenters. The smallest absolute Gasteiger partial charge is 0.237 e. The van der Waals surface area contributed by atoms with Crippen molar-refractivity contribution in [3.05, 3.63) is 77.0 Å². The van der Waals surface area contributed by atoms with Crippen molar-refractivity contribution in [2.24, 2.45) is 0 Å². The average Bonchev–Trinajstić information content (AvgIpc) is 3.27. The third-order valence-corrected chi connectivity index (χ3v) is 6.57. The molecular formula is C26H34N2O4S. The van der Waals surface area contributed by atoms with Gasteiger partial charge < -0.3 is 19.5 Å². The van der Waals surface area contributed by atoms with E-state index in [-0.39, 0.29) is 25.1 Å². The Labute approximate surface area is 200 Å². The lowest BCUT2D eigenvalue weighted by Crippen LogP contribution is -2.48. The number of carbonyl (C=O) groups is 1. The maximum absolute atomic E-state index is 13.4. The highest BCUT2D eigenvalue weighted by Gasteiger charge is 2.33. The second-order valence-corrected chi connectivity index (χ2v) is 9.24. The van der Waals surface area contributed by atoms with Crippen molar-refractivity contribution in [2.45, 2.75) is 25.5 Å². The summed E-state index contributed by atoms with van der Waals surface area (Å²) >= 11 is 1.74. The average molecular weight is 471 g/mol. The van der Waals surface area contributed by atoms with Gasteiger partial charge in [-0.15, -0.1) is 24.5 Å². The number of nitrogens with zero attached hydrogens (tertiary/aromatic N) is 2. The standard InChI is InChI=1S/C26H34N2O4S/c1-4-11-27(16-21(29)18-31-13-5-2)17-26(30)28-12-9-25-23(10-14-33-25)24(28)19-32-22-8-6-7-20(3)15-22/h4-8,10,14-15,21,24,29H,1-2,9,11-13,16-19H2,3H3/t21-,24-/m1/s1. The van der Waals surface area contributed by atoms with Crippen molar-refractivity contribution < 1.29 is 19.4 Å². The molecule has 0 fully saturated rings. The Hall–Kier alpha value is -2.45. The molecule has 7 heteroatoms. The summed E-state index contributed by atoms with van der Waals surface area (Å²) in [6.45, 7) is 12.1. The van der Waals surface area contributed by atoms with Gasteiger partial charge in [-0.25, -0.2) is 0 Å². The summed E-state index contributed by atoms with van der Waals surface area (Å²) in [5, 5.41) is 12.4. The lowest BCUT2D eigenvalue weighted by atomic mass is 10.0. The fourth-order valence-corrected chi connectivity index (χ4v) is 4.99. The summed E-state index contributed by atoms with van der Waals surface area (Å²) in [6.07, 6.45) is 3.55. The maximum atomic E-state index is 13.4. The molecule has 0 spiro atoms. The molecule has 2 heterocycles. The van der Waals surface area contributed by atoms with Crippen molar-refractivity contribution in [3.8, 4) is 5.75 Å². The van der Waals surface area contributed by atoms with E-state index in [0.717, 1.165) is 17.7 Å². The Kier molecular flexibility index (Phi) is 9.69. The maximum Gasteiger partial charge on any atom is 0.237 e. The van der Waals surface area contributed by atoms with E-state index in [4.69, 9.17) is 9.47 Å². The number of aliphatic hydroxyl groups is 1. The van der Waals surface area contributed by atoms with Crippen LogP contribution in [0.2, 0.25) is 0 Å². The van der Waals surface area contributed by atoms with Crippen LogP contribution in [0, 0.1) is 6.92 Å². The van der Waals surface area contributed by atoms with Gasteiger partial charge in [0.05, 0.1) is 31.9 Å². The Morgan fingerprint density at radius 1 is 1.36 bits per heavy atom. The van der Waals surface area contributed by atoms with Gasteiger partial charge in [0.15, 0.2) is 0 Å². The summed E-state index contributed by atoms with van der Waals surface area (Å²) in [4.78, 5) is 18.5. The van der Waals surface area contributed by atoms with E-state index in [9.17, 15) is 9.90 Å². The third-order valence-electron chi connectivity index (χ3n) is 5.57. The second kappa shape index (κ2) is 12.7. The van der Waals surface area contributed by atoms with Crippen molar-refractivity contribution in [1.82, 2.24) is 9.80 Å². The van der Waals surface area contributed by atoms with E-state index in [1.165, 1.54) is 10.4 Å². The van der Waals surface area contributed by atoms with Crippen LogP contribution in [0.25, 0.3) is 0 Å². The van der Waals surface area contributed by atoms with E-state index in [0.29, 0.717) is 32.8 Å². The number of aryl methyl sites for hydroxylation is 1. The number of fused-ring (bicyclic) bond motifs is 1. The SMILES string of the molecule is C=CCOC[C@H](O)CN(CC=C)CC(=O)N1CCc2sccc2[C@H]1COc1cccc(C)c1. The first-order chi connectivity index (χ1) is 16.0. The van der Waals surface area contributed by atoms with E-state index in [1.807, 2.05) is 41.0 Å². The number of amides is 1. The fraction of sp³-hybridized carbons (Fsp3) is 0.423. The first-order valence-corrected chi connectivity index (χ1v) is 12.1. The largest absolute Gasteiger partial charge is 0.491 e. The van der Waals surface area contributed by atoms with Gasteiger partial charge in [0.2, 0.25) is 5.91 Å². The number of aliphatic hydroxyl groups excluding tert-OH is 1. The Morgan fingerprint density at radius 2 is 2.21 bits per heavy atom. The number of thiophene rings is 1. The van der Waals surface area contributed by atoms with Gasteiger partial charge in [-0.05, 0) is 48.1 Å². The van der Waals surface area contributed by atoms with Crippen LogP contribution >= 0.6 is 11.3 Å². The lowest BCUT2D eigenvalue weighted by Gasteiger charge is -2.37. The molecule has 0 bridgehead atoms. The molecule has 1 aromatic carbocycles. The number of ether oxygens (including phenoxy) is 2. The van der Waals surface area contributed by atoms with E-state index in [2.05, 4.69) is 24.6 Å². The van der Waals surface area contributed by atoms with Crippen LogP contribution in [-0.4, -0.2) is 72.9 Å². The minimum atomic E-state index is -0.692. The fourth-order valence-electron chi connectivity index (χ4n) is 4.06. The normalized spacial score (nSPS) is 16.3. The van der Waals surface area contributed by atoms with Gasteiger partial charge in [-0.2, -0.15) is 0 Å². The zero-order chi connectivity index (χ0) is 23.6. The van der Waals surface area contributed by atoms with Gasteiger partial charge in [0.25, 0.3) is 0 Å². The molecule has 0 saturated carbocycles. The highest BCUT2D eigenvalue weighted by atomic mass is 32.1. The Balaban J connectivity index is 1.67. The Morgan fingerprint density at radius 3 is 2.97 bits per heavy atom. The van der Waals surface area contributed by atoms with Crippen LogP contribution in [0.5, 0.6) is 5.75 Å². The zero-order valence-electron chi connectivity index (χ0n) is 19.3. The first-order valence-electron chi connectivity index (χ1n) is 11.3. The van der Waals surface area contributed by atoms with Gasteiger partial charge in [-0.3, -0.25) is 9.69 Å². The predicted molar refractivity (Wildman–Crippen MR) is 133 cm³/mol. The minimum absolute atomic E-state index is 0.0192. The number of carbonyl (C=O) groups excluding carboxylic acids is 1. The second-order valence-electron chi connectivity index (χ2n) is 8.24. The number of hydrogen-bond acceptors (Lipinski definition) is 6. The zero-order valence-corrected chi connectivity index (χ0v) is 20.1. The van der Waals surface area contributed by atoms with Crippen LogP contribution in [0.15, 0.2) is 61.0 Å². The summed E-state index contributed by atoms with van der Waals surface area (Å²) in [6, 6.07) is 9.92. The van der Waals surface area contributed by atoms with Crippen molar-refractivity contribution >= 4 is 17.2 Å². The molecule has 0 radical (unpaired) electrons. The van der Waals surface area contributed by atoms with Crippen molar-refractivity contribution in [3.63, 3.8) is 0 Å². The molecule has 0 aliphatic carbocycles. The highest BCUT2D eigenvalue weighted by molar-refractivity contribution is 7.10. The van der Waals surface area contributed by atoms with Crippen LogP contribution in [-0.2, 0) is 16.0 Å². The van der Waals surface area contributed by atoms with E-state index < -0.39 is 6.10 Å². The van der Waals surface area contributed by atoms with Crippen molar-refractivity contribution in [1.29, 1.82) is 0 Å². The molecule has 1 amide bonds. The molecule has 1 aromatic heterocycles. The quantitative estimate of drug-likeness (QED) is 0.358. The van der Waals surface area contributed by atoms with Crippen LogP contribution in [0.4, 0.5) is 0 Å². The molecule has 1 N–H and O–H groups in total. The van der Waals surface area contributed by atoms with Crippen molar-refractivity contribution in [2.75, 3.05) is 46.0 Å². The minimum Gasteiger partial charge on any atom is -0.491 e. The summed E-state index contributed by atoms with van der Waals surface area (Å²) < 4.78 is 11.5. The third kappa shape index (κ3) is 7.27. The topological polar surface area (TPSA) is 62.2 Å². The number of hydrogen-bond donors (Lipinski definition) is 1. The number of benzene rings is 1. The van der Waals surface area contributed by atoms with Crippen LogP contribution < -0.4 is 4.74 Å². The van der Waals surface area contributed by atoms with Gasteiger partial charge >= 0.3 is 0 Å². The monoisotopic (exact) mass is 470 g/mol. The molecule has 0 unspecified atom stereocenters. The lowest BCUT2D eigenvalue weighted by molar-refractivity contribution is -0.136. The number of rotatable bonds is 13. The highest BCUT2D eigenvalue weighted by Crippen LogP contribution is 2.34. The summed E-state index contributed by atoms with van der Waals surface area (Å²) in [7, 11) is 0. The molecule has 3 rings (SSSR count).